The third kappa shape index (κ3) is 4.13. The molecule has 0 bridgehead atoms. The Morgan fingerprint density at radius 1 is 1.03 bits per heavy atom. The third-order valence-electron chi connectivity index (χ3n) is 6.06. The van der Waals surface area contributed by atoms with E-state index in [-0.39, 0.29) is 18.3 Å². The Morgan fingerprint density at radius 3 is 2.47 bits per heavy atom. The molecular weight excluding hydrogens is 406 g/mol. The predicted octanol–water partition coefficient (Wildman–Crippen LogP) is 4.92. The van der Waals surface area contributed by atoms with E-state index in [1.54, 1.807) is 21.1 Å². The summed E-state index contributed by atoms with van der Waals surface area (Å²) in [6.45, 7) is 3.98. The van der Waals surface area contributed by atoms with Gasteiger partial charge in [-0.2, -0.15) is 0 Å². The van der Waals surface area contributed by atoms with Gasteiger partial charge in [-0.15, -0.1) is 0 Å². The van der Waals surface area contributed by atoms with Crippen molar-refractivity contribution < 1.29 is 23.8 Å². The molecule has 6 heteroatoms. The molecular formula is C26H27NO5. The highest BCUT2D eigenvalue weighted by Gasteiger charge is 2.33. The van der Waals surface area contributed by atoms with Crippen molar-refractivity contribution in [3.05, 3.63) is 81.7 Å². The second-order valence-electron chi connectivity index (χ2n) is 8.18. The molecule has 1 atom stereocenters. The van der Waals surface area contributed by atoms with Crippen LogP contribution in [0.3, 0.4) is 0 Å². The van der Waals surface area contributed by atoms with Crippen LogP contribution in [-0.2, 0) is 17.8 Å². The maximum absolute atomic E-state index is 13.0. The lowest BCUT2D eigenvalue weighted by atomic mass is 9.81. The summed E-state index contributed by atoms with van der Waals surface area (Å²) < 4.78 is 16.4. The Balaban J connectivity index is 1.57. The molecule has 3 aromatic rings. The summed E-state index contributed by atoms with van der Waals surface area (Å²) in [6.07, 6.45) is 0.934. The predicted molar refractivity (Wildman–Crippen MR) is 121 cm³/mol. The van der Waals surface area contributed by atoms with E-state index in [0.29, 0.717) is 41.2 Å². The van der Waals surface area contributed by atoms with Gasteiger partial charge in [-0.3, -0.25) is 4.79 Å². The van der Waals surface area contributed by atoms with Crippen LogP contribution in [0.25, 0.3) is 0 Å². The van der Waals surface area contributed by atoms with E-state index < -0.39 is 5.97 Å². The molecule has 1 N–H and O–H groups in total. The van der Waals surface area contributed by atoms with Crippen molar-refractivity contribution in [3.8, 4) is 11.5 Å². The average molecular weight is 434 g/mol. The highest BCUT2D eigenvalue weighted by Crippen LogP contribution is 2.40. The van der Waals surface area contributed by atoms with E-state index >= 15 is 0 Å². The number of carbonyl (C=O) groups is 2. The zero-order valence-corrected chi connectivity index (χ0v) is 18.8. The Labute approximate surface area is 187 Å². The number of aromatic nitrogens is 1. The summed E-state index contributed by atoms with van der Waals surface area (Å²) in [5.41, 5.74) is 5.33. The molecule has 0 aliphatic heterocycles. The van der Waals surface area contributed by atoms with Crippen LogP contribution in [0.4, 0.5) is 0 Å². The maximum Gasteiger partial charge on any atom is 0.355 e. The quantitative estimate of drug-likeness (QED) is 0.559. The van der Waals surface area contributed by atoms with E-state index in [2.05, 4.69) is 4.98 Å². The zero-order valence-electron chi connectivity index (χ0n) is 18.8. The van der Waals surface area contributed by atoms with Gasteiger partial charge in [0.15, 0.2) is 5.78 Å². The standard InChI is InChI=1S/C26H27NO5/c1-15-5-7-17(8-6-15)14-32-26(29)25-16(2)24-21(27-25)11-18(12-22(24)28)20-13-19(30-3)9-10-23(20)31-4/h5-10,13,18,27H,11-12,14H2,1-4H3/t18-/m1/s1. The molecule has 4 rings (SSSR count). The van der Waals surface area contributed by atoms with Gasteiger partial charge in [0, 0.05) is 29.2 Å². The number of aromatic amines is 1. The van der Waals surface area contributed by atoms with Crippen molar-refractivity contribution >= 4 is 11.8 Å². The molecule has 2 aromatic carbocycles. The van der Waals surface area contributed by atoms with Crippen LogP contribution < -0.4 is 9.47 Å². The first-order valence-corrected chi connectivity index (χ1v) is 10.6. The maximum atomic E-state index is 13.0. The second-order valence-corrected chi connectivity index (χ2v) is 8.18. The van der Waals surface area contributed by atoms with Gasteiger partial charge in [-0.1, -0.05) is 29.8 Å². The van der Waals surface area contributed by atoms with Gasteiger partial charge >= 0.3 is 5.97 Å². The van der Waals surface area contributed by atoms with Gasteiger partial charge in [-0.05, 0) is 49.6 Å². The molecule has 0 amide bonds. The minimum absolute atomic E-state index is 0.00691. The van der Waals surface area contributed by atoms with Crippen molar-refractivity contribution in [2.24, 2.45) is 0 Å². The normalized spacial score (nSPS) is 15.2. The number of fused-ring (bicyclic) bond motifs is 1. The summed E-state index contributed by atoms with van der Waals surface area (Å²) in [7, 11) is 3.22. The van der Waals surface area contributed by atoms with Crippen molar-refractivity contribution in [1.82, 2.24) is 4.98 Å². The molecule has 1 aromatic heterocycles. The Morgan fingerprint density at radius 2 is 1.78 bits per heavy atom. The van der Waals surface area contributed by atoms with Gasteiger partial charge in [0.25, 0.3) is 0 Å². The van der Waals surface area contributed by atoms with Crippen LogP contribution in [0.5, 0.6) is 11.5 Å². The largest absolute Gasteiger partial charge is 0.497 e. The van der Waals surface area contributed by atoms with Gasteiger partial charge in [0.1, 0.15) is 23.8 Å². The van der Waals surface area contributed by atoms with E-state index in [1.807, 2.05) is 49.4 Å². The molecule has 0 radical (unpaired) electrons. The molecule has 0 saturated carbocycles. The fourth-order valence-electron chi connectivity index (χ4n) is 4.32. The lowest BCUT2D eigenvalue weighted by Gasteiger charge is -2.24. The first kappa shape index (κ1) is 21.7. The summed E-state index contributed by atoms with van der Waals surface area (Å²) in [5, 5.41) is 0. The van der Waals surface area contributed by atoms with Gasteiger partial charge in [0.2, 0.25) is 0 Å². The summed E-state index contributed by atoms with van der Waals surface area (Å²) in [6, 6.07) is 13.4. The number of methoxy groups -OCH3 is 2. The van der Waals surface area contributed by atoms with E-state index in [0.717, 1.165) is 22.4 Å². The number of H-pyrrole nitrogens is 1. The van der Waals surface area contributed by atoms with E-state index in [9.17, 15) is 9.59 Å². The van der Waals surface area contributed by atoms with Crippen LogP contribution in [0.2, 0.25) is 0 Å². The third-order valence-corrected chi connectivity index (χ3v) is 6.06. The number of nitrogens with one attached hydrogen (secondary N) is 1. The first-order chi connectivity index (χ1) is 15.4. The van der Waals surface area contributed by atoms with Crippen molar-refractivity contribution in [2.75, 3.05) is 14.2 Å². The van der Waals surface area contributed by atoms with Crippen molar-refractivity contribution in [3.63, 3.8) is 0 Å². The monoisotopic (exact) mass is 433 g/mol. The molecule has 6 nitrogen and oxygen atoms in total. The Bertz CT molecular complexity index is 1160. The highest BCUT2D eigenvalue weighted by molar-refractivity contribution is 6.03. The summed E-state index contributed by atoms with van der Waals surface area (Å²) >= 11 is 0. The number of hydrogen-bond acceptors (Lipinski definition) is 5. The van der Waals surface area contributed by atoms with E-state index in [4.69, 9.17) is 14.2 Å². The van der Waals surface area contributed by atoms with Crippen LogP contribution in [0.1, 0.15) is 61.1 Å². The second kappa shape index (κ2) is 8.91. The van der Waals surface area contributed by atoms with Crippen LogP contribution in [0.15, 0.2) is 42.5 Å². The highest BCUT2D eigenvalue weighted by atomic mass is 16.5. The van der Waals surface area contributed by atoms with Gasteiger partial charge in [0.05, 0.1) is 14.2 Å². The summed E-state index contributed by atoms with van der Waals surface area (Å²) in [5.74, 6) is 0.901. The number of aryl methyl sites for hydroxylation is 1. The minimum atomic E-state index is -0.458. The lowest BCUT2D eigenvalue weighted by molar-refractivity contribution is 0.0465. The zero-order chi connectivity index (χ0) is 22.8. The molecule has 0 fully saturated rings. The first-order valence-electron chi connectivity index (χ1n) is 10.6. The number of benzene rings is 2. The number of carbonyl (C=O) groups excluding carboxylic acids is 2. The Kier molecular flexibility index (Phi) is 6.04. The summed E-state index contributed by atoms with van der Waals surface area (Å²) in [4.78, 5) is 29.0. The molecule has 0 unspecified atom stereocenters. The average Bonchev–Trinajstić information content (AvgIpc) is 3.14. The topological polar surface area (TPSA) is 77.6 Å². The molecule has 32 heavy (non-hydrogen) atoms. The Hall–Kier alpha value is -3.54. The SMILES string of the molecule is COc1ccc(OC)c([C@H]2CC(=O)c3c([nH]c(C(=O)OCc4ccc(C)cc4)c3C)C2)c1. The smallest absolute Gasteiger partial charge is 0.355 e. The van der Waals surface area contributed by atoms with Crippen molar-refractivity contribution in [1.29, 1.82) is 0 Å². The molecule has 1 aliphatic carbocycles. The number of hydrogen-bond donors (Lipinski definition) is 1. The lowest BCUT2D eigenvalue weighted by Crippen LogP contribution is -2.19. The number of esters is 1. The molecule has 166 valence electrons. The molecule has 1 heterocycles. The fraction of sp³-hybridized carbons (Fsp3) is 0.308. The number of Topliss-reactive ketones (excluding diaryl/α,β-unsaturated/α-hetero) is 1. The van der Waals surface area contributed by atoms with Crippen LogP contribution in [0, 0.1) is 13.8 Å². The van der Waals surface area contributed by atoms with Gasteiger partial charge in [-0.25, -0.2) is 4.79 Å². The number of ketones is 1. The number of ether oxygens (including phenoxy) is 3. The molecule has 0 spiro atoms. The minimum Gasteiger partial charge on any atom is -0.497 e. The molecule has 0 saturated heterocycles. The number of rotatable bonds is 6. The van der Waals surface area contributed by atoms with E-state index in [1.165, 1.54) is 0 Å². The van der Waals surface area contributed by atoms with Crippen molar-refractivity contribution in [2.45, 2.75) is 39.2 Å². The van der Waals surface area contributed by atoms with Gasteiger partial charge < -0.3 is 19.2 Å². The van der Waals surface area contributed by atoms with Crippen LogP contribution >= 0.6 is 0 Å². The fourth-order valence-corrected chi connectivity index (χ4v) is 4.32. The van der Waals surface area contributed by atoms with Crippen LogP contribution in [-0.4, -0.2) is 31.0 Å². The molecule has 1 aliphatic rings.